The van der Waals surface area contributed by atoms with Crippen molar-refractivity contribution in [2.45, 2.75) is 84.2 Å². The number of hydrogen-bond acceptors (Lipinski definition) is 7. The number of aryl methyl sites for hydroxylation is 2. The van der Waals surface area contributed by atoms with E-state index in [9.17, 15) is 14.7 Å². The van der Waals surface area contributed by atoms with Gasteiger partial charge in [0.2, 0.25) is 0 Å². The highest BCUT2D eigenvalue weighted by Crippen LogP contribution is 2.37. The summed E-state index contributed by atoms with van der Waals surface area (Å²) in [4.78, 5) is 25.2. The first-order valence-corrected chi connectivity index (χ1v) is 16.4. The van der Waals surface area contributed by atoms with Crippen LogP contribution in [0.15, 0.2) is 59.8 Å². The smallest absolute Gasteiger partial charge is 0.163 e. The van der Waals surface area contributed by atoms with Crippen LogP contribution < -0.4 is 20.7 Å². The SMILES string of the molecule is CNC[C@H](C)CCCCCC(=O)CC(=O)/C=C/c1cc(OC)c(O)cc1CC1=CNC2NCC[C@H](c3cc(C)cc(C)c3)C2=C1. The van der Waals surface area contributed by atoms with E-state index in [1.807, 2.05) is 13.2 Å². The van der Waals surface area contributed by atoms with Gasteiger partial charge in [-0.25, -0.2) is 0 Å². The predicted octanol–water partition coefficient (Wildman–Crippen LogP) is 6.42. The van der Waals surface area contributed by atoms with Crippen molar-refractivity contribution in [3.63, 3.8) is 0 Å². The first-order chi connectivity index (χ1) is 21.7. The molecular formula is C38H51N3O4. The molecule has 45 heavy (non-hydrogen) atoms. The molecule has 1 fully saturated rings. The Hall–Kier alpha value is -3.68. The standard InChI is InChI=1S/C38H51N3O4/c1-25(23-39-4)9-7-6-8-10-32(42)22-33(43)12-11-29-21-37(45-5)36(44)20-30(29)18-28-19-35-34(13-14-40-38(35)41-24-28)31-16-26(2)15-27(3)17-31/h11-12,15-17,19-21,24-25,34,38-41,44H,6-10,13-14,18,22-23H2,1-5H3/b12-11+/t25-,34-,38?/m1/s1. The molecule has 242 valence electrons. The number of dihydropyridines is 1. The lowest BCUT2D eigenvalue weighted by atomic mass is 9.80. The van der Waals surface area contributed by atoms with Gasteiger partial charge in [-0.05, 0) is 112 Å². The zero-order valence-corrected chi connectivity index (χ0v) is 27.7. The number of hydrogen-bond donors (Lipinski definition) is 4. The Bertz CT molecular complexity index is 1420. The number of unbranched alkanes of at least 4 members (excludes halogenated alkanes) is 2. The van der Waals surface area contributed by atoms with E-state index in [0.717, 1.165) is 61.9 Å². The van der Waals surface area contributed by atoms with E-state index < -0.39 is 0 Å². The van der Waals surface area contributed by atoms with Crippen molar-refractivity contribution in [3.05, 3.63) is 87.6 Å². The largest absolute Gasteiger partial charge is 0.504 e. The van der Waals surface area contributed by atoms with Crippen molar-refractivity contribution in [3.8, 4) is 11.5 Å². The van der Waals surface area contributed by atoms with Crippen LogP contribution in [0.1, 0.15) is 85.6 Å². The lowest BCUT2D eigenvalue weighted by Crippen LogP contribution is -2.48. The fourth-order valence-electron chi connectivity index (χ4n) is 6.60. The van der Waals surface area contributed by atoms with Crippen molar-refractivity contribution in [2.24, 2.45) is 5.92 Å². The minimum Gasteiger partial charge on any atom is -0.504 e. The Labute approximate surface area is 269 Å². The second-order valence-corrected chi connectivity index (χ2v) is 12.9. The number of piperidine rings is 1. The number of allylic oxidation sites excluding steroid dienone is 3. The Balaban J connectivity index is 1.43. The summed E-state index contributed by atoms with van der Waals surface area (Å²) in [6, 6.07) is 10.2. The Morgan fingerprint density at radius 1 is 1.11 bits per heavy atom. The number of phenols is 1. The average molecular weight is 614 g/mol. The average Bonchev–Trinajstić information content (AvgIpc) is 2.99. The Morgan fingerprint density at radius 3 is 2.62 bits per heavy atom. The molecule has 0 aromatic heterocycles. The molecule has 0 radical (unpaired) electrons. The molecule has 1 unspecified atom stereocenters. The summed E-state index contributed by atoms with van der Waals surface area (Å²) in [5, 5.41) is 21.0. The van der Waals surface area contributed by atoms with Gasteiger partial charge in [0, 0.05) is 18.5 Å². The molecule has 0 saturated carbocycles. The summed E-state index contributed by atoms with van der Waals surface area (Å²) in [6.07, 6.45) is 13.6. The predicted molar refractivity (Wildman–Crippen MR) is 183 cm³/mol. The summed E-state index contributed by atoms with van der Waals surface area (Å²) in [7, 11) is 3.48. The number of aromatic hydroxyl groups is 1. The Kier molecular flexibility index (Phi) is 12.6. The monoisotopic (exact) mass is 613 g/mol. The highest BCUT2D eigenvalue weighted by atomic mass is 16.5. The maximum Gasteiger partial charge on any atom is 0.163 e. The maximum absolute atomic E-state index is 12.7. The molecule has 1 saturated heterocycles. The molecule has 4 rings (SSSR count). The molecule has 2 aromatic carbocycles. The molecule has 7 heteroatoms. The molecule has 4 N–H and O–H groups in total. The summed E-state index contributed by atoms with van der Waals surface area (Å²) < 4.78 is 5.37. The second kappa shape index (κ2) is 16.6. The first-order valence-electron chi connectivity index (χ1n) is 16.4. The lowest BCUT2D eigenvalue weighted by Gasteiger charge is -2.37. The molecule has 0 spiro atoms. The van der Waals surface area contributed by atoms with Crippen LogP contribution in [0.3, 0.4) is 0 Å². The number of benzene rings is 2. The molecule has 2 aliphatic heterocycles. The minimum atomic E-state index is -0.214. The number of methoxy groups -OCH3 is 1. The highest BCUT2D eigenvalue weighted by Gasteiger charge is 2.30. The zero-order chi connectivity index (χ0) is 32.3. The Morgan fingerprint density at radius 2 is 1.89 bits per heavy atom. The van der Waals surface area contributed by atoms with E-state index in [1.165, 1.54) is 35.4 Å². The number of ketones is 2. The van der Waals surface area contributed by atoms with Crippen molar-refractivity contribution in [2.75, 3.05) is 27.2 Å². The number of phenolic OH excluding ortho intramolecular Hbond substituents is 1. The van der Waals surface area contributed by atoms with Crippen LogP contribution in [0.25, 0.3) is 6.08 Å². The topological polar surface area (TPSA) is 99.7 Å². The highest BCUT2D eigenvalue weighted by molar-refractivity contribution is 6.06. The van der Waals surface area contributed by atoms with E-state index in [-0.39, 0.29) is 29.9 Å². The van der Waals surface area contributed by atoms with Gasteiger partial charge in [0.25, 0.3) is 0 Å². The number of carbonyl (C=O) groups excluding carboxylic acids is 2. The lowest BCUT2D eigenvalue weighted by molar-refractivity contribution is -0.124. The molecule has 0 bridgehead atoms. The van der Waals surface area contributed by atoms with E-state index >= 15 is 0 Å². The third-order valence-corrected chi connectivity index (χ3v) is 8.81. The van der Waals surface area contributed by atoms with Gasteiger partial charge in [-0.3, -0.25) is 14.9 Å². The minimum absolute atomic E-state index is 0.0181. The van der Waals surface area contributed by atoms with Crippen LogP contribution in [-0.4, -0.2) is 50.1 Å². The van der Waals surface area contributed by atoms with E-state index in [1.54, 1.807) is 18.2 Å². The number of Topliss-reactive ketones (excluding diaryl/α,β-unsaturated/α-hetero) is 1. The summed E-state index contributed by atoms with van der Waals surface area (Å²) in [6.45, 7) is 8.47. The normalized spacial score (nSPS) is 18.5. The third kappa shape index (κ3) is 9.90. The van der Waals surface area contributed by atoms with Gasteiger partial charge < -0.3 is 20.5 Å². The fourth-order valence-corrected chi connectivity index (χ4v) is 6.60. The van der Waals surface area contributed by atoms with Gasteiger partial charge in [0.15, 0.2) is 17.3 Å². The molecule has 0 amide bonds. The summed E-state index contributed by atoms with van der Waals surface area (Å²) in [5.41, 5.74) is 7.91. The molecule has 3 atom stereocenters. The maximum atomic E-state index is 12.7. The van der Waals surface area contributed by atoms with Crippen molar-refractivity contribution in [1.82, 2.24) is 16.0 Å². The van der Waals surface area contributed by atoms with E-state index in [0.29, 0.717) is 30.4 Å². The van der Waals surface area contributed by atoms with Crippen LogP contribution >= 0.6 is 0 Å². The molecule has 2 aliphatic rings. The van der Waals surface area contributed by atoms with Gasteiger partial charge >= 0.3 is 0 Å². The molecule has 0 aliphatic carbocycles. The van der Waals surface area contributed by atoms with Gasteiger partial charge in [0.05, 0.1) is 19.7 Å². The van der Waals surface area contributed by atoms with Gasteiger partial charge in [-0.15, -0.1) is 0 Å². The van der Waals surface area contributed by atoms with Crippen LogP contribution in [0.4, 0.5) is 0 Å². The van der Waals surface area contributed by atoms with E-state index in [2.05, 4.69) is 61.0 Å². The fraction of sp³-hybridized carbons (Fsp3) is 0.474. The van der Waals surface area contributed by atoms with Crippen LogP contribution in [0.2, 0.25) is 0 Å². The number of carbonyl (C=O) groups is 2. The van der Waals surface area contributed by atoms with Crippen LogP contribution in [0, 0.1) is 19.8 Å². The number of rotatable bonds is 16. The molecule has 2 heterocycles. The van der Waals surface area contributed by atoms with Gasteiger partial charge in [-0.1, -0.05) is 61.2 Å². The van der Waals surface area contributed by atoms with Crippen molar-refractivity contribution in [1.29, 1.82) is 0 Å². The van der Waals surface area contributed by atoms with Crippen LogP contribution in [-0.2, 0) is 16.0 Å². The zero-order valence-electron chi connectivity index (χ0n) is 27.7. The molecular weight excluding hydrogens is 562 g/mol. The van der Waals surface area contributed by atoms with Gasteiger partial charge in [-0.2, -0.15) is 0 Å². The summed E-state index contributed by atoms with van der Waals surface area (Å²) in [5.74, 6) is 1.10. The van der Waals surface area contributed by atoms with Crippen molar-refractivity contribution >= 4 is 17.6 Å². The quantitative estimate of drug-likeness (QED) is 0.0985. The number of fused-ring (bicyclic) bond motifs is 1. The third-order valence-electron chi connectivity index (χ3n) is 8.81. The van der Waals surface area contributed by atoms with Crippen LogP contribution in [0.5, 0.6) is 11.5 Å². The molecule has 7 nitrogen and oxygen atoms in total. The number of nitrogens with one attached hydrogen (secondary N) is 3. The summed E-state index contributed by atoms with van der Waals surface area (Å²) >= 11 is 0. The van der Waals surface area contributed by atoms with Gasteiger partial charge in [0.1, 0.15) is 5.78 Å². The first kappa shape index (κ1) is 34.2. The second-order valence-electron chi connectivity index (χ2n) is 12.9. The number of ether oxygens (including phenoxy) is 1. The van der Waals surface area contributed by atoms with E-state index in [4.69, 9.17) is 4.74 Å². The van der Waals surface area contributed by atoms with Crippen molar-refractivity contribution < 1.29 is 19.4 Å². The molecule has 2 aromatic rings.